The molecule has 0 radical (unpaired) electrons. The van der Waals surface area contributed by atoms with Gasteiger partial charge in [0, 0.05) is 15.7 Å². The van der Waals surface area contributed by atoms with Gasteiger partial charge in [-0.05, 0) is 48.6 Å². The first-order chi connectivity index (χ1) is 11.8. The van der Waals surface area contributed by atoms with E-state index in [-0.39, 0.29) is 5.11 Å². The molecule has 25 heavy (non-hydrogen) atoms. The second-order valence-electron chi connectivity index (χ2n) is 4.92. The first kappa shape index (κ1) is 20.3. The fraction of sp³-hybridized carbons (Fsp3) is 0.125. The van der Waals surface area contributed by atoms with Crippen molar-refractivity contribution in [2.75, 3.05) is 5.32 Å². The van der Waals surface area contributed by atoms with Gasteiger partial charge in [-0.1, -0.05) is 68.9 Å². The largest absolute Gasteiger partial charge is 0.339 e. The van der Waals surface area contributed by atoms with Crippen molar-refractivity contribution in [2.45, 2.75) is 9.96 Å². The summed E-state index contributed by atoms with van der Waals surface area (Å²) < 4.78 is -0.957. The molecule has 0 aliphatic rings. The normalized spacial score (nSPS) is 12.2. The van der Waals surface area contributed by atoms with Crippen LogP contribution in [0.1, 0.15) is 10.4 Å². The van der Waals surface area contributed by atoms with E-state index in [0.717, 1.165) is 10.2 Å². The Morgan fingerprint density at radius 3 is 2.16 bits per heavy atom. The van der Waals surface area contributed by atoms with Crippen molar-refractivity contribution in [3.05, 3.63) is 64.6 Å². The van der Waals surface area contributed by atoms with Gasteiger partial charge in [-0.3, -0.25) is 4.79 Å². The molecule has 4 nitrogen and oxygen atoms in total. The van der Waals surface area contributed by atoms with E-state index in [1.54, 1.807) is 24.3 Å². The van der Waals surface area contributed by atoms with Crippen molar-refractivity contribution < 1.29 is 4.79 Å². The number of hydrogen-bond donors (Lipinski definition) is 3. The lowest BCUT2D eigenvalue weighted by Gasteiger charge is -2.27. The molecule has 0 saturated heterocycles. The van der Waals surface area contributed by atoms with Crippen LogP contribution in [0.2, 0.25) is 0 Å². The molecule has 0 unspecified atom stereocenters. The molecule has 0 fully saturated rings. The van der Waals surface area contributed by atoms with Gasteiger partial charge in [0.05, 0.1) is 0 Å². The van der Waals surface area contributed by atoms with E-state index >= 15 is 0 Å². The zero-order valence-corrected chi connectivity index (χ0v) is 17.3. The minimum atomic E-state index is -1.81. The summed E-state index contributed by atoms with van der Waals surface area (Å²) in [6.45, 7) is 0. The van der Waals surface area contributed by atoms with Crippen molar-refractivity contribution in [3.63, 3.8) is 0 Å². The topological polar surface area (TPSA) is 53.2 Å². The van der Waals surface area contributed by atoms with Gasteiger partial charge in [0.15, 0.2) is 5.11 Å². The molecule has 0 heterocycles. The zero-order valence-electron chi connectivity index (χ0n) is 12.6. The summed E-state index contributed by atoms with van der Waals surface area (Å²) >= 11 is 26.4. The molecule has 0 aliphatic carbocycles. The van der Waals surface area contributed by atoms with E-state index in [2.05, 4.69) is 31.9 Å². The third-order valence-electron chi connectivity index (χ3n) is 3.02. The van der Waals surface area contributed by atoms with E-state index in [4.69, 9.17) is 47.0 Å². The number of benzene rings is 2. The van der Waals surface area contributed by atoms with Crippen LogP contribution in [-0.4, -0.2) is 21.0 Å². The highest BCUT2D eigenvalue weighted by molar-refractivity contribution is 9.10. The van der Waals surface area contributed by atoms with Gasteiger partial charge in [-0.25, -0.2) is 0 Å². The van der Waals surface area contributed by atoms with Gasteiger partial charge in [0.25, 0.3) is 5.91 Å². The fourth-order valence-corrected chi connectivity index (χ4v) is 2.66. The maximum atomic E-state index is 12.3. The van der Waals surface area contributed by atoms with Crippen LogP contribution in [0.3, 0.4) is 0 Å². The number of carbonyl (C=O) groups excluding carboxylic acids is 1. The minimum absolute atomic E-state index is 0.207. The van der Waals surface area contributed by atoms with Crippen molar-refractivity contribution in [2.24, 2.45) is 0 Å². The quantitative estimate of drug-likeness (QED) is 0.332. The van der Waals surface area contributed by atoms with Crippen molar-refractivity contribution in [1.82, 2.24) is 10.6 Å². The third-order valence-corrected chi connectivity index (χ3v) is 4.42. The van der Waals surface area contributed by atoms with Crippen LogP contribution in [0.25, 0.3) is 0 Å². The predicted molar refractivity (Wildman–Crippen MR) is 111 cm³/mol. The molecular formula is C16H13BrCl3N3OS. The Labute approximate surface area is 174 Å². The molecule has 0 bridgehead atoms. The first-order valence-corrected chi connectivity index (χ1v) is 9.35. The second kappa shape index (κ2) is 9.05. The molecule has 1 amide bonds. The standard InChI is InChI=1S/C16H13BrCl3N3OS/c17-11-8-6-10(7-9-11)13(24)22-14(16(18,19)20)23-15(25)21-12-4-2-1-3-5-12/h1-9,14H,(H,22,24)(H2,21,23,25)/t14-/m0/s1. The molecule has 9 heteroatoms. The van der Waals surface area contributed by atoms with Crippen LogP contribution in [0.5, 0.6) is 0 Å². The molecule has 3 N–H and O–H groups in total. The summed E-state index contributed by atoms with van der Waals surface area (Å²) in [6, 6.07) is 16.0. The molecular weight excluding hydrogens is 469 g/mol. The fourth-order valence-electron chi connectivity index (χ4n) is 1.84. The first-order valence-electron chi connectivity index (χ1n) is 7.01. The van der Waals surface area contributed by atoms with Crippen LogP contribution in [0.15, 0.2) is 59.1 Å². The van der Waals surface area contributed by atoms with Crippen molar-refractivity contribution >= 4 is 79.7 Å². The number of hydrogen-bond acceptors (Lipinski definition) is 2. The van der Waals surface area contributed by atoms with E-state index in [0.29, 0.717) is 5.56 Å². The van der Waals surface area contributed by atoms with Gasteiger partial charge in [-0.15, -0.1) is 0 Å². The SMILES string of the molecule is O=C(N[C@@H](NC(=S)Nc1ccccc1)C(Cl)(Cl)Cl)c1ccc(Br)cc1. The van der Waals surface area contributed by atoms with Crippen LogP contribution >= 0.6 is 63.0 Å². The number of halogens is 4. The van der Waals surface area contributed by atoms with E-state index < -0.39 is 15.9 Å². The number of amides is 1. The molecule has 0 spiro atoms. The van der Waals surface area contributed by atoms with E-state index in [9.17, 15) is 4.79 Å². The van der Waals surface area contributed by atoms with Crippen molar-refractivity contribution in [3.8, 4) is 0 Å². The second-order valence-corrected chi connectivity index (χ2v) is 8.61. The van der Waals surface area contributed by atoms with E-state index in [1.165, 1.54) is 0 Å². The Bertz CT molecular complexity index is 739. The number of nitrogens with one attached hydrogen (secondary N) is 3. The maximum Gasteiger partial charge on any atom is 0.252 e. The molecule has 1 atom stereocenters. The Kier molecular flexibility index (Phi) is 7.34. The summed E-state index contributed by atoms with van der Waals surface area (Å²) in [5.74, 6) is -0.404. The highest BCUT2D eigenvalue weighted by atomic mass is 79.9. The third kappa shape index (κ3) is 6.64. The average molecular weight is 482 g/mol. The van der Waals surface area contributed by atoms with Crippen LogP contribution in [-0.2, 0) is 0 Å². The number of para-hydroxylation sites is 1. The minimum Gasteiger partial charge on any atom is -0.339 e. The van der Waals surface area contributed by atoms with Gasteiger partial charge < -0.3 is 16.0 Å². The van der Waals surface area contributed by atoms with Crippen LogP contribution < -0.4 is 16.0 Å². The molecule has 0 aromatic heterocycles. The molecule has 132 valence electrons. The van der Waals surface area contributed by atoms with Crippen LogP contribution in [0.4, 0.5) is 5.69 Å². The molecule has 0 aliphatic heterocycles. The zero-order chi connectivity index (χ0) is 18.4. The number of alkyl halides is 3. The number of rotatable bonds is 4. The number of carbonyl (C=O) groups is 1. The van der Waals surface area contributed by atoms with Gasteiger partial charge in [-0.2, -0.15) is 0 Å². The lowest BCUT2D eigenvalue weighted by Crippen LogP contribution is -2.56. The Morgan fingerprint density at radius 2 is 1.60 bits per heavy atom. The lowest BCUT2D eigenvalue weighted by atomic mass is 10.2. The maximum absolute atomic E-state index is 12.3. The van der Waals surface area contributed by atoms with Crippen molar-refractivity contribution in [1.29, 1.82) is 0 Å². The summed E-state index contributed by atoms with van der Waals surface area (Å²) in [7, 11) is 0. The van der Waals surface area contributed by atoms with Gasteiger partial charge in [0.2, 0.25) is 3.79 Å². The molecule has 0 saturated carbocycles. The Hall–Kier alpha value is -1.05. The lowest BCUT2D eigenvalue weighted by molar-refractivity contribution is 0.0934. The summed E-state index contributed by atoms with van der Waals surface area (Å²) in [4.78, 5) is 12.3. The highest BCUT2D eigenvalue weighted by Gasteiger charge is 2.34. The summed E-state index contributed by atoms with van der Waals surface area (Å²) in [5.41, 5.74) is 1.19. The smallest absolute Gasteiger partial charge is 0.252 e. The predicted octanol–water partition coefficient (Wildman–Crippen LogP) is 4.86. The molecule has 2 aromatic rings. The van der Waals surface area contributed by atoms with Crippen LogP contribution in [0, 0.1) is 0 Å². The monoisotopic (exact) mass is 479 g/mol. The number of thiocarbonyl (C=S) groups is 1. The summed E-state index contributed by atoms with van der Waals surface area (Å²) in [6.07, 6.45) is -1.03. The van der Waals surface area contributed by atoms with E-state index in [1.807, 2.05) is 30.3 Å². The Morgan fingerprint density at radius 1 is 1.00 bits per heavy atom. The molecule has 2 aromatic carbocycles. The number of anilines is 1. The molecule has 2 rings (SSSR count). The van der Waals surface area contributed by atoms with Gasteiger partial charge >= 0.3 is 0 Å². The average Bonchev–Trinajstić information content (AvgIpc) is 2.54. The van der Waals surface area contributed by atoms with Gasteiger partial charge in [0.1, 0.15) is 6.17 Å². The summed E-state index contributed by atoms with van der Waals surface area (Å²) in [5, 5.41) is 8.58. The highest BCUT2D eigenvalue weighted by Crippen LogP contribution is 2.29. The Balaban J connectivity index is 2.04.